The lowest BCUT2D eigenvalue weighted by molar-refractivity contribution is 0.102. The van der Waals surface area contributed by atoms with E-state index >= 15 is 0 Å². The van der Waals surface area contributed by atoms with Crippen LogP contribution in [0.4, 0.5) is 4.39 Å². The van der Waals surface area contributed by atoms with E-state index < -0.39 is 5.82 Å². The summed E-state index contributed by atoms with van der Waals surface area (Å²) < 4.78 is 14.8. The molecule has 1 aromatic heterocycles. The average Bonchev–Trinajstić information content (AvgIpc) is 2.80. The largest absolute Gasteiger partial charge is 0.287 e. The molecular weight excluding hydrogens is 257 g/mol. The van der Waals surface area contributed by atoms with E-state index in [1.54, 1.807) is 0 Å². The maximum atomic E-state index is 13.3. The molecule has 6 heteroatoms. The Morgan fingerprint density at radius 1 is 1.50 bits per heavy atom. The monoisotopic (exact) mass is 267 g/mol. The van der Waals surface area contributed by atoms with Gasteiger partial charge in [0.05, 0.1) is 11.2 Å². The third kappa shape index (κ3) is 2.41. The Morgan fingerprint density at radius 3 is 2.94 bits per heavy atom. The molecule has 0 radical (unpaired) electrons. The van der Waals surface area contributed by atoms with E-state index in [-0.39, 0.29) is 16.4 Å². The summed E-state index contributed by atoms with van der Waals surface area (Å²) in [5.74, 6) is -0.930. The summed E-state index contributed by atoms with van der Waals surface area (Å²) in [5.41, 5.74) is 0.579. The van der Waals surface area contributed by atoms with Gasteiger partial charge in [-0.25, -0.2) is 9.07 Å². The van der Waals surface area contributed by atoms with Crippen molar-refractivity contribution in [2.45, 2.75) is 19.9 Å². The molecule has 1 aromatic carbocycles. The van der Waals surface area contributed by atoms with Gasteiger partial charge >= 0.3 is 0 Å². The smallest absolute Gasteiger partial charge is 0.212 e. The Labute approximate surface area is 108 Å². The lowest BCUT2D eigenvalue weighted by atomic mass is 10.1. The molecule has 0 amide bonds. The number of hydrogen-bond donors (Lipinski definition) is 0. The normalized spacial score (nSPS) is 10.6. The predicted octanol–water partition coefficient (Wildman–Crippen LogP) is 2.71. The zero-order valence-corrected chi connectivity index (χ0v) is 10.5. The third-order valence-electron chi connectivity index (χ3n) is 2.47. The van der Waals surface area contributed by atoms with Crippen LogP contribution in [0.3, 0.4) is 0 Å². The topological polar surface area (TPSA) is 47.8 Å². The molecule has 0 N–H and O–H groups in total. The number of rotatable bonds is 4. The van der Waals surface area contributed by atoms with Crippen LogP contribution < -0.4 is 0 Å². The van der Waals surface area contributed by atoms with Gasteiger partial charge in [0, 0.05) is 12.1 Å². The van der Waals surface area contributed by atoms with Crippen LogP contribution in [0.25, 0.3) is 0 Å². The van der Waals surface area contributed by atoms with Gasteiger partial charge in [0.1, 0.15) is 11.5 Å². The van der Waals surface area contributed by atoms with E-state index in [0.717, 1.165) is 12.5 Å². The van der Waals surface area contributed by atoms with E-state index in [1.807, 2.05) is 6.92 Å². The highest BCUT2D eigenvalue weighted by Gasteiger charge is 2.16. The van der Waals surface area contributed by atoms with Gasteiger partial charge in [-0.3, -0.25) is 4.79 Å². The molecule has 2 aromatic rings. The van der Waals surface area contributed by atoms with Crippen LogP contribution in [0.15, 0.2) is 24.4 Å². The molecule has 4 nitrogen and oxygen atoms in total. The number of carbonyl (C=O) groups is 1. The zero-order valence-electron chi connectivity index (χ0n) is 9.73. The molecule has 0 bridgehead atoms. The minimum absolute atomic E-state index is 0.00765. The lowest BCUT2D eigenvalue weighted by Crippen LogP contribution is -2.11. The number of aromatic nitrogens is 3. The second-order valence-corrected chi connectivity index (χ2v) is 4.21. The van der Waals surface area contributed by atoms with Crippen molar-refractivity contribution in [1.82, 2.24) is 15.0 Å². The van der Waals surface area contributed by atoms with E-state index in [1.165, 1.54) is 23.0 Å². The van der Waals surface area contributed by atoms with Gasteiger partial charge in [0.15, 0.2) is 0 Å². The van der Waals surface area contributed by atoms with Crippen LogP contribution in [-0.2, 0) is 6.54 Å². The molecule has 0 saturated carbocycles. The summed E-state index contributed by atoms with van der Waals surface area (Å²) in [4.78, 5) is 12.2. The van der Waals surface area contributed by atoms with Gasteiger partial charge in [0.2, 0.25) is 5.78 Å². The van der Waals surface area contributed by atoms with Crippen LogP contribution in [-0.4, -0.2) is 20.8 Å². The fourth-order valence-corrected chi connectivity index (χ4v) is 1.71. The van der Waals surface area contributed by atoms with Crippen LogP contribution in [0.1, 0.15) is 29.4 Å². The number of benzene rings is 1. The minimum atomic E-state index is -0.614. The van der Waals surface area contributed by atoms with Crippen LogP contribution in [0, 0.1) is 5.82 Å². The molecule has 0 aliphatic carbocycles. The van der Waals surface area contributed by atoms with Crippen molar-refractivity contribution in [1.29, 1.82) is 0 Å². The minimum Gasteiger partial charge on any atom is -0.287 e. The first-order chi connectivity index (χ1) is 8.63. The number of carbonyl (C=O) groups excluding carboxylic acids is 1. The number of halogens is 2. The maximum absolute atomic E-state index is 13.3. The first-order valence-electron chi connectivity index (χ1n) is 5.51. The second-order valence-electron chi connectivity index (χ2n) is 3.80. The quantitative estimate of drug-likeness (QED) is 0.800. The second kappa shape index (κ2) is 5.27. The summed E-state index contributed by atoms with van der Waals surface area (Å²) in [6.07, 6.45) is 2.21. The summed E-state index contributed by atoms with van der Waals surface area (Å²) in [6.45, 7) is 2.56. The SMILES string of the molecule is CCCn1nncc1C(=O)c1ccc(Cl)c(F)c1. The summed E-state index contributed by atoms with van der Waals surface area (Å²) in [7, 11) is 0. The highest BCUT2D eigenvalue weighted by atomic mass is 35.5. The van der Waals surface area contributed by atoms with Crippen molar-refractivity contribution >= 4 is 17.4 Å². The molecule has 2 rings (SSSR count). The number of aryl methyl sites for hydroxylation is 1. The van der Waals surface area contributed by atoms with Gasteiger partial charge in [0.25, 0.3) is 0 Å². The van der Waals surface area contributed by atoms with Gasteiger partial charge in [-0.15, -0.1) is 5.10 Å². The zero-order chi connectivity index (χ0) is 13.1. The Morgan fingerprint density at radius 2 is 2.28 bits per heavy atom. The molecular formula is C12H11ClFN3O. The Balaban J connectivity index is 2.35. The molecule has 18 heavy (non-hydrogen) atoms. The fraction of sp³-hybridized carbons (Fsp3) is 0.250. The summed E-state index contributed by atoms with van der Waals surface area (Å²) in [5, 5.41) is 7.51. The fourth-order valence-electron chi connectivity index (χ4n) is 1.60. The van der Waals surface area contributed by atoms with Crippen molar-refractivity contribution in [3.63, 3.8) is 0 Å². The Bertz CT molecular complexity index is 582. The molecule has 1 heterocycles. The van der Waals surface area contributed by atoms with Crippen molar-refractivity contribution in [2.24, 2.45) is 0 Å². The predicted molar refractivity (Wildman–Crippen MR) is 65.2 cm³/mol. The van der Waals surface area contributed by atoms with Crippen molar-refractivity contribution in [3.05, 3.63) is 46.5 Å². The van der Waals surface area contributed by atoms with E-state index in [4.69, 9.17) is 11.6 Å². The van der Waals surface area contributed by atoms with Gasteiger partial charge in [-0.05, 0) is 24.6 Å². The highest BCUT2D eigenvalue weighted by Crippen LogP contribution is 2.17. The number of nitrogens with zero attached hydrogens (tertiary/aromatic N) is 3. The van der Waals surface area contributed by atoms with Gasteiger partial charge in [-0.2, -0.15) is 0 Å². The first kappa shape index (κ1) is 12.7. The molecule has 0 atom stereocenters. The van der Waals surface area contributed by atoms with Crippen LogP contribution in [0.2, 0.25) is 5.02 Å². The molecule has 0 unspecified atom stereocenters. The van der Waals surface area contributed by atoms with Crippen molar-refractivity contribution < 1.29 is 9.18 Å². The summed E-state index contributed by atoms with van der Waals surface area (Å²) in [6, 6.07) is 3.96. The number of hydrogen-bond acceptors (Lipinski definition) is 3. The molecule has 0 spiro atoms. The highest BCUT2D eigenvalue weighted by molar-refractivity contribution is 6.30. The van der Waals surface area contributed by atoms with Crippen molar-refractivity contribution in [2.75, 3.05) is 0 Å². The molecule has 0 saturated heterocycles. The van der Waals surface area contributed by atoms with E-state index in [9.17, 15) is 9.18 Å². The molecule has 0 aliphatic rings. The average molecular weight is 268 g/mol. The molecule has 0 fully saturated rings. The van der Waals surface area contributed by atoms with E-state index in [2.05, 4.69) is 10.3 Å². The maximum Gasteiger partial charge on any atom is 0.212 e. The first-order valence-corrected chi connectivity index (χ1v) is 5.89. The Hall–Kier alpha value is -1.75. The standard InChI is InChI=1S/C12H11ClFN3O/c1-2-5-17-11(7-15-16-17)12(18)8-3-4-9(13)10(14)6-8/h3-4,6-7H,2,5H2,1H3. The van der Waals surface area contributed by atoms with Gasteiger partial charge < -0.3 is 0 Å². The molecule has 94 valence electrons. The van der Waals surface area contributed by atoms with Gasteiger partial charge in [-0.1, -0.05) is 23.7 Å². The Kier molecular flexibility index (Phi) is 3.72. The third-order valence-corrected chi connectivity index (χ3v) is 2.77. The summed E-state index contributed by atoms with van der Waals surface area (Å²) >= 11 is 5.58. The van der Waals surface area contributed by atoms with E-state index in [0.29, 0.717) is 12.2 Å². The van der Waals surface area contributed by atoms with Crippen LogP contribution >= 0.6 is 11.6 Å². The van der Waals surface area contributed by atoms with Crippen molar-refractivity contribution in [3.8, 4) is 0 Å². The molecule has 0 aliphatic heterocycles. The number of ketones is 1. The lowest BCUT2D eigenvalue weighted by Gasteiger charge is -2.04. The van der Waals surface area contributed by atoms with Crippen LogP contribution in [0.5, 0.6) is 0 Å².